The number of ether oxygens (including phenoxy) is 2. The van der Waals surface area contributed by atoms with Gasteiger partial charge in [-0.05, 0) is 38.4 Å². The second-order valence-electron chi connectivity index (χ2n) is 3.51. The van der Waals surface area contributed by atoms with Gasteiger partial charge in [0, 0.05) is 24.6 Å². The number of hydrogen-bond donors (Lipinski definition) is 1. The summed E-state index contributed by atoms with van der Waals surface area (Å²) in [5, 5.41) is 4.40. The van der Waals surface area contributed by atoms with Crippen molar-refractivity contribution < 1.29 is 9.47 Å². The van der Waals surface area contributed by atoms with Crippen molar-refractivity contribution in [2.24, 2.45) is 0 Å². The summed E-state index contributed by atoms with van der Waals surface area (Å²) in [6, 6.07) is 4.12. The third-order valence-electron chi connectivity index (χ3n) is 2.23. The van der Waals surface area contributed by atoms with Crippen molar-refractivity contribution in [2.75, 3.05) is 26.9 Å². The lowest BCUT2D eigenvalue weighted by Gasteiger charge is -2.03. The van der Waals surface area contributed by atoms with E-state index in [0.717, 1.165) is 37.8 Å². The highest BCUT2D eigenvalue weighted by Gasteiger charge is 1.98. The second kappa shape index (κ2) is 8.56. The van der Waals surface area contributed by atoms with Gasteiger partial charge in [0.25, 0.3) is 0 Å². The predicted octanol–water partition coefficient (Wildman–Crippen LogP) is 2.66. The van der Waals surface area contributed by atoms with E-state index in [1.807, 2.05) is 13.0 Å². The first-order chi connectivity index (χ1) is 7.86. The summed E-state index contributed by atoms with van der Waals surface area (Å²) in [4.78, 5) is 1.32. The Kier molecular flexibility index (Phi) is 7.21. The first kappa shape index (κ1) is 13.5. The summed E-state index contributed by atoms with van der Waals surface area (Å²) in [6.07, 6.45) is 2.30. The van der Waals surface area contributed by atoms with Gasteiger partial charge in [0.15, 0.2) is 5.06 Å². The topological polar surface area (TPSA) is 30.5 Å². The summed E-state index contributed by atoms with van der Waals surface area (Å²) in [7, 11) is 1.71. The molecule has 0 aliphatic carbocycles. The minimum Gasteiger partial charge on any atom is -0.487 e. The van der Waals surface area contributed by atoms with Crippen LogP contribution >= 0.6 is 11.3 Å². The number of methoxy groups -OCH3 is 1. The van der Waals surface area contributed by atoms with Gasteiger partial charge in [-0.1, -0.05) is 0 Å². The van der Waals surface area contributed by atoms with Crippen LogP contribution in [0.15, 0.2) is 12.1 Å². The molecule has 0 aromatic carbocycles. The molecule has 0 spiro atoms. The quantitative estimate of drug-likeness (QED) is 0.676. The zero-order valence-corrected chi connectivity index (χ0v) is 10.9. The molecule has 4 heteroatoms. The van der Waals surface area contributed by atoms with Gasteiger partial charge >= 0.3 is 0 Å². The molecule has 0 aliphatic rings. The molecule has 3 nitrogen and oxygen atoms in total. The molecule has 1 rings (SSSR count). The average Bonchev–Trinajstić information content (AvgIpc) is 2.76. The SMILES string of the molecule is CCOCCCCNCc1ccc(OC)s1. The molecular formula is C12H21NO2S. The van der Waals surface area contributed by atoms with Crippen molar-refractivity contribution in [3.63, 3.8) is 0 Å². The Morgan fingerprint density at radius 1 is 1.31 bits per heavy atom. The zero-order valence-electron chi connectivity index (χ0n) is 10.1. The van der Waals surface area contributed by atoms with Crippen molar-refractivity contribution >= 4 is 11.3 Å². The molecule has 1 N–H and O–H groups in total. The number of nitrogens with one attached hydrogen (secondary N) is 1. The molecule has 1 aromatic heterocycles. The highest BCUT2D eigenvalue weighted by Crippen LogP contribution is 2.23. The van der Waals surface area contributed by atoms with Crippen LogP contribution in [0, 0.1) is 0 Å². The normalized spacial score (nSPS) is 10.6. The molecule has 1 aromatic rings. The van der Waals surface area contributed by atoms with E-state index in [1.54, 1.807) is 18.4 Å². The van der Waals surface area contributed by atoms with Crippen LogP contribution in [-0.2, 0) is 11.3 Å². The van der Waals surface area contributed by atoms with Gasteiger partial charge in [-0.2, -0.15) is 0 Å². The molecule has 16 heavy (non-hydrogen) atoms. The Hall–Kier alpha value is -0.580. The van der Waals surface area contributed by atoms with Gasteiger partial charge in [-0.15, -0.1) is 11.3 Å². The van der Waals surface area contributed by atoms with E-state index < -0.39 is 0 Å². The van der Waals surface area contributed by atoms with E-state index in [9.17, 15) is 0 Å². The van der Waals surface area contributed by atoms with E-state index >= 15 is 0 Å². The van der Waals surface area contributed by atoms with Gasteiger partial charge in [0.2, 0.25) is 0 Å². The summed E-state index contributed by atoms with van der Waals surface area (Å²) in [5.74, 6) is 0. The van der Waals surface area contributed by atoms with Gasteiger partial charge in [-0.3, -0.25) is 0 Å². The molecule has 0 fully saturated rings. The molecule has 0 unspecified atom stereocenters. The lowest BCUT2D eigenvalue weighted by Crippen LogP contribution is -2.14. The van der Waals surface area contributed by atoms with Crippen molar-refractivity contribution in [1.82, 2.24) is 5.32 Å². The monoisotopic (exact) mass is 243 g/mol. The summed E-state index contributed by atoms with van der Waals surface area (Å²) < 4.78 is 10.4. The van der Waals surface area contributed by atoms with E-state index in [-0.39, 0.29) is 0 Å². The molecule has 0 bridgehead atoms. The lowest BCUT2D eigenvalue weighted by molar-refractivity contribution is 0.143. The van der Waals surface area contributed by atoms with Gasteiger partial charge in [0.05, 0.1) is 7.11 Å². The maximum absolute atomic E-state index is 5.27. The van der Waals surface area contributed by atoms with E-state index in [1.165, 1.54) is 11.3 Å². The number of rotatable bonds is 9. The van der Waals surface area contributed by atoms with Crippen molar-refractivity contribution in [1.29, 1.82) is 0 Å². The number of unbranched alkanes of at least 4 members (excludes halogenated alkanes) is 1. The van der Waals surface area contributed by atoms with Crippen molar-refractivity contribution in [3.05, 3.63) is 17.0 Å². The first-order valence-corrected chi connectivity index (χ1v) is 6.59. The Bertz CT molecular complexity index is 276. The van der Waals surface area contributed by atoms with Crippen molar-refractivity contribution in [3.8, 4) is 5.06 Å². The molecular weight excluding hydrogens is 222 g/mol. The Balaban J connectivity index is 1.98. The Labute approximate surface area is 102 Å². The van der Waals surface area contributed by atoms with Crippen LogP contribution in [0.2, 0.25) is 0 Å². The minimum atomic E-state index is 0.822. The average molecular weight is 243 g/mol. The number of thiophene rings is 1. The van der Waals surface area contributed by atoms with Gasteiger partial charge in [0.1, 0.15) is 0 Å². The maximum atomic E-state index is 5.27. The van der Waals surface area contributed by atoms with Crippen LogP contribution < -0.4 is 10.1 Å². The Morgan fingerprint density at radius 2 is 2.19 bits per heavy atom. The highest BCUT2D eigenvalue weighted by molar-refractivity contribution is 7.13. The molecule has 0 saturated heterocycles. The van der Waals surface area contributed by atoms with Crippen LogP contribution in [0.25, 0.3) is 0 Å². The van der Waals surface area contributed by atoms with Crippen LogP contribution in [0.4, 0.5) is 0 Å². The van der Waals surface area contributed by atoms with E-state index in [0.29, 0.717) is 0 Å². The Morgan fingerprint density at radius 3 is 2.88 bits per heavy atom. The number of hydrogen-bond acceptors (Lipinski definition) is 4. The van der Waals surface area contributed by atoms with Crippen LogP contribution in [0.3, 0.4) is 0 Å². The third-order valence-corrected chi connectivity index (χ3v) is 3.28. The molecule has 0 amide bonds. The van der Waals surface area contributed by atoms with Crippen LogP contribution in [0.1, 0.15) is 24.6 Å². The van der Waals surface area contributed by atoms with Gasteiger partial charge < -0.3 is 14.8 Å². The van der Waals surface area contributed by atoms with E-state index in [2.05, 4.69) is 11.4 Å². The fourth-order valence-electron chi connectivity index (χ4n) is 1.37. The lowest BCUT2D eigenvalue weighted by atomic mass is 10.3. The predicted molar refractivity (Wildman–Crippen MR) is 68.3 cm³/mol. The zero-order chi connectivity index (χ0) is 11.6. The van der Waals surface area contributed by atoms with Crippen LogP contribution in [-0.4, -0.2) is 26.9 Å². The van der Waals surface area contributed by atoms with Crippen molar-refractivity contribution in [2.45, 2.75) is 26.3 Å². The molecule has 92 valence electrons. The molecule has 0 radical (unpaired) electrons. The summed E-state index contributed by atoms with van der Waals surface area (Å²) in [6.45, 7) is 5.71. The summed E-state index contributed by atoms with van der Waals surface area (Å²) >= 11 is 1.70. The van der Waals surface area contributed by atoms with E-state index in [4.69, 9.17) is 9.47 Å². The minimum absolute atomic E-state index is 0.822. The molecule has 0 saturated carbocycles. The maximum Gasteiger partial charge on any atom is 0.173 e. The smallest absolute Gasteiger partial charge is 0.173 e. The molecule has 0 aliphatic heterocycles. The fraction of sp³-hybridized carbons (Fsp3) is 0.667. The summed E-state index contributed by atoms with van der Waals surface area (Å²) in [5.41, 5.74) is 0. The second-order valence-corrected chi connectivity index (χ2v) is 4.64. The molecule has 0 atom stereocenters. The largest absolute Gasteiger partial charge is 0.487 e. The first-order valence-electron chi connectivity index (χ1n) is 5.78. The highest BCUT2D eigenvalue weighted by atomic mass is 32.1. The van der Waals surface area contributed by atoms with Crippen LogP contribution in [0.5, 0.6) is 5.06 Å². The molecule has 1 heterocycles. The van der Waals surface area contributed by atoms with Gasteiger partial charge in [-0.25, -0.2) is 0 Å². The fourth-order valence-corrected chi connectivity index (χ4v) is 2.16. The third kappa shape index (κ3) is 5.49. The standard InChI is InChI=1S/C12H21NO2S/c1-3-15-9-5-4-8-13-10-11-6-7-12(14-2)16-11/h6-7,13H,3-5,8-10H2,1-2H3.